The molecule has 0 aliphatic heterocycles. The lowest BCUT2D eigenvalue weighted by molar-refractivity contribution is -0.154. The molecule has 2 amide bonds. The quantitative estimate of drug-likeness (QED) is 0.623. The van der Waals surface area contributed by atoms with Gasteiger partial charge in [-0.05, 0) is 49.1 Å². The average molecular weight is 378 g/mol. The minimum atomic E-state index is -0.784. The minimum absolute atomic E-state index is 0.189. The van der Waals surface area contributed by atoms with Crippen molar-refractivity contribution in [1.29, 1.82) is 0 Å². The fraction of sp³-hybridized carbons (Fsp3) is 0.550. The van der Waals surface area contributed by atoms with Crippen LogP contribution in [0.2, 0.25) is 0 Å². The van der Waals surface area contributed by atoms with Crippen LogP contribution in [0, 0.1) is 23.1 Å². The van der Waals surface area contributed by atoms with Crippen LogP contribution in [0.15, 0.2) is 24.3 Å². The van der Waals surface area contributed by atoms with Crippen LogP contribution in [0.5, 0.6) is 0 Å². The number of halogens is 1. The number of benzene rings is 1. The molecule has 0 aromatic heterocycles. The first-order valence-electron chi connectivity index (χ1n) is 9.19. The Morgan fingerprint density at radius 1 is 1.07 bits per heavy atom. The average Bonchev–Trinajstić information content (AvgIpc) is 2.64. The number of rotatable bonds is 4. The van der Waals surface area contributed by atoms with Gasteiger partial charge in [-0.15, -0.1) is 0 Å². The summed E-state index contributed by atoms with van der Waals surface area (Å²) in [5, 5.41) is 0. The highest BCUT2D eigenvalue weighted by Crippen LogP contribution is 2.40. The Labute approximate surface area is 158 Å². The molecule has 0 radical (unpaired) electrons. The van der Waals surface area contributed by atoms with Crippen LogP contribution in [0.3, 0.4) is 0 Å². The Balaban J connectivity index is 1.70. The number of nitrogens with one attached hydrogen (secondary N) is 2. The molecule has 1 aromatic rings. The van der Waals surface area contributed by atoms with Crippen molar-refractivity contribution in [2.75, 3.05) is 6.61 Å². The van der Waals surface area contributed by atoms with Gasteiger partial charge in [0.2, 0.25) is 0 Å². The van der Waals surface area contributed by atoms with Crippen molar-refractivity contribution in [3.8, 4) is 0 Å². The van der Waals surface area contributed by atoms with Gasteiger partial charge in [0.25, 0.3) is 11.8 Å². The molecule has 1 aliphatic rings. The van der Waals surface area contributed by atoms with Gasteiger partial charge >= 0.3 is 5.97 Å². The first-order valence-corrected chi connectivity index (χ1v) is 9.19. The molecule has 6 nitrogen and oxygen atoms in total. The van der Waals surface area contributed by atoms with Gasteiger partial charge in [0, 0.05) is 0 Å². The van der Waals surface area contributed by atoms with E-state index in [1.807, 2.05) is 0 Å². The van der Waals surface area contributed by atoms with Gasteiger partial charge in [-0.25, -0.2) is 4.39 Å². The van der Waals surface area contributed by atoms with E-state index < -0.39 is 30.2 Å². The maximum absolute atomic E-state index is 13.5. The van der Waals surface area contributed by atoms with Gasteiger partial charge in [0.15, 0.2) is 6.61 Å². The molecule has 0 spiro atoms. The molecule has 0 bridgehead atoms. The van der Waals surface area contributed by atoms with Gasteiger partial charge in [-0.3, -0.25) is 25.2 Å². The van der Waals surface area contributed by atoms with Crippen molar-refractivity contribution in [2.24, 2.45) is 17.3 Å². The highest BCUT2D eigenvalue weighted by atomic mass is 19.1. The van der Waals surface area contributed by atoms with Gasteiger partial charge < -0.3 is 4.74 Å². The molecule has 1 fully saturated rings. The molecule has 2 rings (SSSR count). The number of carbonyl (C=O) groups excluding carboxylic acids is 3. The summed E-state index contributed by atoms with van der Waals surface area (Å²) in [6.45, 7) is 6.12. The zero-order valence-corrected chi connectivity index (χ0v) is 16.0. The molecule has 1 saturated carbocycles. The van der Waals surface area contributed by atoms with Crippen molar-refractivity contribution in [1.82, 2.24) is 10.9 Å². The Kier molecular flexibility index (Phi) is 6.93. The second-order valence-corrected chi connectivity index (χ2v) is 8.00. The van der Waals surface area contributed by atoms with E-state index in [1.54, 1.807) is 0 Å². The summed E-state index contributed by atoms with van der Waals surface area (Å²) in [5.41, 5.74) is 4.24. The number of hydrogen-bond acceptors (Lipinski definition) is 4. The fourth-order valence-electron chi connectivity index (χ4n) is 3.32. The van der Waals surface area contributed by atoms with E-state index in [1.165, 1.54) is 18.2 Å². The van der Waals surface area contributed by atoms with Crippen molar-refractivity contribution in [2.45, 2.75) is 46.5 Å². The van der Waals surface area contributed by atoms with Gasteiger partial charge in [-0.1, -0.05) is 32.9 Å². The lowest BCUT2D eigenvalue weighted by Gasteiger charge is -2.36. The summed E-state index contributed by atoms with van der Waals surface area (Å²) in [4.78, 5) is 35.7. The number of esters is 1. The normalized spacial score (nSPS) is 19.9. The first kappa shape index (κ1) is 20.9. The van der Waals surface area contributed by atoms with Crippen molar-refractivity contribution < 1.29 is 23.5 Å². The zero-order chi connectivity index (χ0) is 20.0. The molecule has 1 aliphatic carbocycles. The monoisotopic (exact) mass is 378 g/mol. The Hall–Kier alpha value is -2.44. The minimum Gasteiger partial charge on any atom is -0.455 e. The number of ether oxygens (including phenoxy) is 1. The third kappa shape index (κ3) is 6.05. The number of hydrazine groups is 1. The van der Waals surface area contributed by atoms with Gasteiger partial charge in [-0.2, -0.15) is 0 Å². The first-order chi connectivity index (χ1) is 12.7. The number of amides is 2. The molecule has 7 heteroatoms. The highest BCUT2D eigenvalue weighted by Gasteiger charge is 2.33. The number of carbonyl (C=O) groups is 3. The Bertz CT molecular complexity index is 691. The molecule has 148 valence electrons. The topological polar surface area (TPSA) is 84.5 Å². The van der Waals surface area contributed by atoms with Crippen LogP contribution in [-0.2, 0) is 14.3 Å². The lowest BCUT2D eigenvalue weighted by atomic mass is 9.70. The summed E-state index contributed by atoms with van der Waals surface area (Å²) in [6.07, 6.45) is 3.45. The fourth-order valence-corrected chi connectivity index (χ4v) is 3.32. The third-order valence-electron chi connectivity index (χ3n) is 5.06. The van der Waals surface area contributed by atoms with E-state index in [0.717, 1.165) is 31.7 Å². The summed E-state index contributed by atoms with van der Waals surface area (Å²) >= 11 is 0. The summed E-state index contributed by atoms with van der Waals surface area (Å²) < 4.78 is 18.5. The predicted molar refractivity (Wildman–Crippen MR) is 97.9 cm³/mol. The molecule has 0 unspecified atom stereocenters. The second-order valence-electron chi connectivity index (χ2n) is 8.00. The molecule has 0 atom stereocenters. The van der Waals surface area contributed by atoms with Gasteiger partial charge in [0.1, 0.15) is 5.82 Å². The van der Waals surface area contributed by atoms with Crippen LogP contribution in [0.4, 0.5) is 4.39 Å². The highest BCUT2D eigenvalue weighted by molar-refractivity contribution is 5.95. The second kappa shape index (κ2) is 8.97. The van der Waals surface area contributed by atoms with E-state index in [2.05, 4.69) is 31.6 Å². The van der Waals surface area contributed by atoms with E-state index in [-0.39, 0.29) is 16.9 Å². The van der Waals surface area contributed by atoms with Crippen molar-refractivity contribution >= 4 is 17.8 Å². The molecule has 0 saturated heterocycles. The van der Waals surface area contributed by atoms with Crippen LogP contribution in [0.1, 0.15) is 56.8 Å². The van der Waals surface area contributed by atoms with Crippen LogP contribution in [0.25, 0.3) is 0 Å². The molecular weight excluding hydrogens is 351 g/mol. The van der Waals surface area contributed by atoms with E-state index in [4.69, 9.17) is 4.74 Å². The maximum atomic E-state index is 13.5. The maximum Gasteiger partial charge on any atom is 0.309 e. The standard InChI is InChI=1S/C20H27FN2O4/c1-20(2,3)14-10-8-13(9-11-14)19(26)27-12-17(24)22-23-18(25)15-6-4-5-7-16(15)21/h4-7,13-14H,8-12H2,1-3H3,(H,22,24)(H,23,25). The van der Waals surface area contributed by atoms with E-state index in [0.29, 0.717) is 5.92 Å². The molecule has 2 N–H and O–H groups in total. The smallest absolute Gasteiger partial charge is 0.309 e. The lowest BCUT2D eigenvalue weighted by Crippen LogP contribution is -2.44. The largest absolute Gasteiger partial charge is 0.455 e. The number of hydrogen-bond donors (Lipinski definition) is 2. The summed E-state index contributed by atoms with van der Waals surface area (Å²) in [7, 11) is 0. The van der Waals surface area contributed by atoms with Crippen LogP contribution in [-0.4, -0.2) is 24.4 Å². The molecular formula is C20H27FN2O4. The summed E-state index contributed by atoms with van der Waals surface area (Å²) in [6, 6.07) is 5.41. The van der Waals surface area contributed by atoms with E-state index in [9.17, 15) is 18.8 Å². The van der Waals surface area contributed by atoms with Crippen LogP contribution >= 0.6 is 0 Å². The van der Waals surface area contributed by atoms with Crippen LogP contribution < -0.4 is 10.9 Å². The molecule has 1 aromatic carbocycles. The Morgan fingerprint density at radius 3 is 2.30 bits per heavy atom. The van der Waals surface area contributed by atoms with Gasteiger partial charge in [0.05, 0.1) is 11.5 Å². The van der Waals surface area contributed by atoms with Crippen molar-refractivity contribution in [3.05, 3.63) is 35.6 Å². The molecule has 27 heavy (non-hydrogen) atoms. The molecule has 0 heterocycles. The zero-order valence-electron chi connectivity index (χ0n) is 16.0. The third-order valence-corrected chi connectivity index (χ3v) is 5.06. The SMILES string of the molecule is CC(C)(C)C1CCC(C(=O)OCC(=O)NNC(=O)c2ccccc2F)CC1. The van der Waals surface area contributed by atoms with Crippen molar-refractivity contribution in [3.63, 3.8) is 0 Å². The predicted octanol–water partition coefficient (Wildman–Crippen LogP) is 2.98. The summed E-state index contributed by atoms with van der Waals surface area (Å²) in [5.74, 6) is -2.16. The van der Waals surface area contributed by atoms with E-state index >= 15 is 0 Å². The Morgan fingerprint density at radius 2 is 1.70 bits per heavy atom.